The summed E-state index contributed by atoms with van der Waals surface area (Å²) < 4.78 is 16.2. The SMILES string of the molecule is CO[C@@H]1COC[C@@H](N(C)C(=O)c2cc3cc(Cl)ccc3o2)[C@@H]1O. The number of hydrogen-bond acceptors (Lipinski definition) is 5. The summed E-state index contributed by atoms with van der Waals surface area (Å²) in [6.45, 7) is 0.550. The monoisotopic (exact) mass is 339 g/mol. The Morgan fingerprint density at radius 2 is 2.17 bits per heavy atom. The van der Waals surface area contributed by atoms with Crippen molar-refractivity contribution in [2.45, 2.75) is 18.2 Å². The van der Waals surface area contributed by atoms with Gasteiger partial charge in [-0.1, -0.05) is 11.6 Å². The van der Waals surface area contributed by atoms with E-state index >= 15 is 0 Å². The molecule has 1 aliphatic rings. The van der Waals surface area contributed by atoms with Crippen LogP contribution in [0.2, 0.25) is 5.02 Å². The average molecular weight is 340 g/mol. The van der Waals surface area contributed by atoms with Gasteiger partial charge in [-0.05, 0) is 24.3 Å². The number of halogens is 1. The lowest BCUT2D eigenvalue weighted by atomic mass is 10.0. The van der Waals surface area contributed by atoms with Crippen LogP contribution in [-0.2, 0) is 9.47 Å². The molecule has 0 bridgehead atoms. The molecule has 0 unspecified atom stereocenters. The highest BCUT2D eigenvalue weighted by atomic mass is 35.5. The summed E-state index contributed by atoms with van der Waals surface area (Å²) in [6.07, 6.45) is -1.28. The Kier molecular flexibility index (Phi) is 4.59. The lowest BCUT2D eigenvalue weighted by Gasteiger charge is -2.38. The van der Waals surface area contributed by atoms with Crippen molar-refractivity contribution in [2.75, 3.05) is 27.4 Å². The highest BCUT2D eigenvalue weighted by molar-refractivity contribution is 6.31. The number of hydrogen-bond donors (Lipinski definition) is 1. The Labute approximate surface area is 138 Å². The van der Waals surface area contributed by atoms with Crippen LogP contribution in [-0.4, -0.2) is 61.5 Å². The standard InChI is InChI=1S/C16H18ClNO5/c1-18(11-7-22-8-14(21-2)15(11)19)16(20)13-6-9-5-10(17)3-4-12(9)23-13/h3-6,11,14-15,19H,7-8H2,1-2H3/t11-,14-,15+/m1/s1. The Morgan fingerprint density at radius 3 is 2.91 bits per heavy atom. The van der Waals surface area contributed by atoms with Crippen molar-refractivity contribution in [1.29, 1.82) is 0 Å². The van der Waals surface area contributed by atoms with Crippen LogP contribution in [0.15, 0.2) is 28.7 Å². The minimum atomic E-state index is -0.818. The molecule has 0 aliphatic carbocycles. The summed E-state index contributed by atoms with van der Waals surface area (Å²) in [4.78, 5) is 14.1. The van der Waals surface area contributed by atoms with E-state index in [1.807, 2.05) is 0 Å². The molecular formula is C16H18ClNO5. The molecule has 3 atom stereocenters. The van der Waals surface area contributed by atoms with Crippen LogP contribution in [0.1, 0.15) is 10.6 Å². The number of carbonyl (C=O) groups is 1. The van der Waals surface area contributed by atoms with Crippen molar-refractivity contribution in [3.8, 4) is 0 Å². The molecule has 1 N–H and O–H groups in total. The topological polar surface area (TPSA) is 72.1 Å². The molecule has 0 spiro atoms. The predicted octanol–water partition coefficient (Wildman–Crippen LogP) is 1.93. The molecular weight excluding hydrogens is 322 g/mol. The number of aliphatic hydroxyl groups is 1. The minimum absolute atomic E-state index is 0.191. The Bertz CT molecular complexity index is 716. The molecule has 0 radical (unpaired) electrons. The number of fused-ring (bicyclic) bond motifs is 1. The molecule has 1 amide bonds. The van der Waals surface area contributed by atoms with E-state index in [0.29, 0.717) is 17.2 Å². The number of carbonyl (C=O) groups excluding carboxylic acids is 1. The molecule has 0 saturated carbocycles. The Hall–Kier alpha value is -1.60. The highest BCUT2D eigenvalue weighted by Gasteiger charge is 2.37. The number of ether oxygens (including phenoxy) is 2. The molecule has 124 valence electrons. The lowest BCUT2D eigenvalue weighted by molar-refractivity contribution is -0.135. The molecule has 7 heteroatoms. The summed E-state index contributed by atoms with van der Waals surface area (Å²) in [5, 5.41) is 11.7. The quantitative estimate of drug-likeness (QED) is 0.925. The molecule has 2 heterocycles. The molecule has 3 rings (SSSR count). The van der Waals surface area contributed by atoms with E-state index in [2.05, 4.69) is 0 Å². The van der Waals surface area contributed by atoms with E-state index in [0.717, 1.165) is 5.39 Å². The zero-order valence-electron chi connectivity index (χ0n) is 12.9. The second-order valence-corrected chi connectivity index (χ2v) is 6.01. The van der Waals surface area contributed by atoms with E-state index < -0.39 is 18.2 Å². The highest BCUT2D eigenvalue weighted by Crippen LogP contribution is 2.25. The molecule has 1 aliphatic heterocycles. The molecule has 2 aromatic rings. The van der Waals surface area contributed by atoms with Gasteiger partial charge in [0.1, 0.15) is 17.8 Å². The van der Waals surface area contributed by atoms with E-state index in [9.17, 15) is 9.90 Å². The maximum atomic E-state index is 12.6. The van der Waals surface area contributed by atoms with E-state index in [-0.39, 0.29) is 18.3 Å². The average Bonchev–Trinajstić information content (AvgIpc) is 2.96. The maximum absolute atomic E-state index is 12.6. The minimum Gasteiger partial charge on any atom is -0.451 e. The van der Waals surface area contributed by atoms with Gasteiger partial charge in [-0.25, -0.2) is 0 Å². The number of furan rings is 1. The normalized spacial score (nSPS) is 24.8. The van der Waals surface area contributed by atoms with Gasteiger partial charge >= 0.3 is 0 Å². The lowest BCUT2D eigenvalue weighted by Crippen LogP contribution is -2.56. The second-order valence-electron chi connectivity index (χ2n) is 5.58. The largest absolute Gasteiger partial charge is 0.451 e. The third kappa shape index (κ3) is 3.07. The van der Waals surface area contributed by atoms with Crippen molar-refractivity contribution >= 4 is 28.5 Å². The number of methoxy groups -OCH3 is 1. The first-order valence-electron chi connectivity index (χ1n) is 7.26. The summed E-state index contributed by atoms with van der Waals surface area (Å²) in [5.41, 5.74) is 0.585. The van der Waals surface area contributed by atoms with E-state index in [1.165, 1.54) is 12.0 Å². The molecule has 1 saturated heterocycles. The third-order valence-electron chi connectivity index (χ3n) is 4.16. The Balaban J connectivity index is 1.83. The van der Waals surface area contributed by atoms with Crippen molar-refractivity contribution in [3.05, 3.63) is 35.0 Å². The molecule has 1 aromatic carbocycles. The van der Waals surface area contributed by atoms with Gasteiger partial charge in [0.05, 0.1) is 19.3 Å². The fraction of sp³-hybridized carbons (Fsp3) is 0.438. The van der Waals surface area contributed by atoms with Crippen LogP contribution < -0.4 is 0 Å². The van der Waals surface area contributed by atoms with Gasteiger partial charge in [-0.2, -0.15) is 0 Å². The third-order valence-corrected chi connectivity index (χ3v) is 4.39. The number of likely N-dealkylation sites (N-methyl/N-ethyl adjacent to an activating group) is 1. The fourth-order valence-corrected chi connectivity index (χ4v) is 2.92. The number of benzene rings is 1. The zero-order valence-corrected chi connectivity index (χ0v) is 13.6. The number of rotatable bonds is 3. The second kappa shape index (κ2) is 6.49. The van der Waals surface area contributed by atoms with Crippen LogP contribution in [0.5, 0.6) is 0 Å². The van der Waals surface area contributed by atoms with Crippen LogP contribution in [0, 0.1) is 0 Å². The van der Waals surface area contributed by atoms with Crippen LogP contribution >= 0.6 is 11.6 Å². The van der Waals surface area contributed by atoms with Gasteiger partial charge in [-0.15, -0.1) is 0 Å². The maximum Gasteiger partial charge on any atom is 0.289 e. The smallest absolute Gasteiger partial charge is 0.289 e. The van der Waals surface area contributed by atoms with Gasteiger partial charge < -0.3 is 23.9 Å². The zero-order chi connectivity index (χ0) is 16.6. The van der Waals surface area contributed by atoms with Gasteiger partial charge in [0.2, 0.25) is 0 Å². The first-order chi connectivity index (χ1) is 11.0. The van der Waals surface area contributed by atoms with Gasteiger partial charge in [-0.3, -0.25) is 4.79 Å². The van der Waals surface area contributed by atoms with Gasteiger partial charge in [0, 0.05) is 24.6 Å². The van der Waals surface area contributed by atoms with Crippen LogP contribution in [0.4, 0.5) is 0 Å². The summed E-state index contributed by atoms with van der Waals surface area (Å²) in [5.74, 6) is -0.141. The van der Waals surface area contributed by atoms with Crippen LogP contribution in [0.3, 0.4) is 0 Å². The Morgan fingerprint density at radius 1 is 1.39 bits per heavy atom. The number of aliphatic hydroxyl groups excluding tert-OH is 1. The van der Waals surface area contributed by atoms with Crippen molar-refractivity contribution in [3.63, 3.8) is 0 Å². The van der Waals surface area contributed by atoms with Crippen LogP contribution in [0.25, 0.3) is 11.0 Å². The van der Waals surface area contributed by atoms with Crippen molar-refractivity contribution in [1.82, 2.24) is 4.90 Å². The summed E-state index contributed by atoms with van der Waals surface area (Å²) in [7, 11) is 3.11. The molecule has 6 nitrogen and oxygen atoms in total. The van der Waals surface area contributed by atoms with Crippen molar-refractivity contribution in [2.24, 2.45) is 0 Å². The van der Waals surface area contributed by atoms with Gasteiger partial charge in [0.15, 0.2) is 5.76 Å². The summed E-state index contributed by atoms with van der Waals surface area (Å²) in [6, 6.07) is 6.29. The molecule has 1 fully saturated rings. The first kappa shape index (κ1) is 16.3. The number of amides is 1. The molecule has 23 heavy (non-hydrogen) atoms. The fourth-order valence-electron chi connectivity index (χ4n) is 2.74. The van der Waals surface area contributed by atoms with Crippen molar-refractivity contribution < 1.29 is 23.8 Å². The summed E-state index contributed by atoms with van der Waals surface area (Å²) >= 11 is 5.94. The van der Waals surface area contributed by atoms with E-state index in [1.54, 1.807) is 31.3 Å². The predicted molar refractivity (Wildman–Crippen MR) is 84.7 cm³/mol. The first-order valence-corrected chi connectivity index (χ1v) is 7.64. The van der Waals surface area contributed by atoms with Gasteiger partial charge in [0.25, 0.3) is 5.91 Å². The van der Waals surface area contributed by atoms with E-state index in [4.69, 9.17) is 25.5 Å². The molecule has 1 aromatic heterocycles. The number of nitrogens with zero attached hydrogens (tertiary/aromatic N) is 1.